The number of aryl methyl sites for hydroxylation is 1. The van der Waals surface area contributed by atoms with Crippen LogP contribution in [0.15, 0.2) is 47.4 Å². The van der Waals surface area contributed by atoms with Gasteiger partial charge in [0.05, 0.1) is 22.1 Å². The number of sulfonamides is 1. The molecule has 0 unspecified atom stereocenters. The van der Waals surface area contributed by atoms with Gasteiger partial charge in [-0.05, 0) is 48.7 Å². The molecule has 1 N–H and O–H groups in total. The second kappa shape index (κ2) is 9.52. The minimum Gasteiger partial charge on any atom is -0.352 e. The van der Waals surface area contributed by atoms with Crippen molar-refractivity contribution < 1.29 is 18.0 Å². The Morgan fingerprint density at radius 3 is 2.56 bits per heavy atom. The molecule has 0 radical (unpaired) electrons. The average Bonchev–Trinajstić information content (AvgIpc) is 2.67. The fraction of sp³-hybridized carbons (Fsp3) is 0.278. The predicted octanol–water partition coefficient (Wildman–Crippen LogP) is 3.54. The molecule has 6 nitrogen and oxygen atoms in total. The van der Waals surface area contributed by atoms with Gasteiger partial charge in [-0.1, -0.05) is 39.8 Å². The summed E-state index contributed by atoms with van der Waals surface area (Å²) in [7, 11) is -1.27. The van der Waals surface area contributed by atoms with Gasteiger partial charge in [0.15, 0.2) is 0 Å². The normalized spacial score (nSPS) is 11.6. The maximum Gasteiger partial charge on any atom is 0.264 e. The number of carbonyl (C=O) groups is 1. The van der Waals surface area contributed by atoms with Crippen molar-refractivity contribution in [3.8, 4) is 0 Å². The molecule has 0 atom stereocenters. The Morgan fingerprint density at radius 2 is 1.89 bits per heavy atom. The molecule has 0 aliphatic rings. The minimum absolute atomic E-state index is 0.0182. The predicted molar refractivity (Wildman–Crippen MR) is 106 cm³/mol. The summed E-state index contributed by atoms with van der Waals surface area (Å²) in [5.41, 5.74) is 1.28. The Morgan fingerprint density at radius 1 is 1.15 bits per heavy atom. The molecule has 2 aromatic rings. The number of nitrogens with zero attached hydrogens (tertiary/aromatic N) is 1. The van der Waals surface area contributed by atoms with E-state index < -0.39 is 10.0 Å². The lowest BCUT2D eigenvalue weighted by Gasteiger charge is -2.14. The van der Waals surface area contributed by atoms with Crippen molar-refractivity contribution in [2.75, 3.05) is 20.7 Å². The van der Waals surface area contributed by atoms with E-state index in [9.17, 15) is 13.2 Å². The topological polar surface area (TPSA) is 75.7 Å². The van der Waals surface area contributed by atoms with E-state index in [4.69, 9.17) is 28.0 Å². The summed E-state index contributed by atoms with van der Waals surface area (Å²) >= 11 is 11.9. The van der Waals surface area contributed by atoms with E-state index in [1.54, 1.807) is 18.2 Å². The molecule has 0 saturated heterocycles. The Hall–Kier alpha value is -1.64. The van der Waals surface area contributed by atoms with Gasteiger partial charge in [-0.2, -0.15) is 0 Å². The van der Waals surface area contributed by atoms with Crippen LogP contribution in [0.3, 0.4) is 0 Å². The third kappa shape index (κ3) is 5.67. The highest BCUT2D eigenvalue weighted by atomic mass is 35.5. The van der Waals surface area contributed by atoms with Gasteiger partial charge in [0, 0.05) is 19.2 Å². The molecule has 0 aromatic heterocycles. The maximum absolute atomic E-state index is 12.3. The first-order chi connectivity index (χ1) is 12.8. The van der Waals surface area contributed by atoms with Gasteiger partial charge in [0.2, 0.25) is 0 Å². The molecular formula is C18H20Cl2N2O4S. The molecule has 2 rings (SSSR count). The number of nitrogens with one attached hydrogen (secondary N) is 1. The van der Waals surface area contributed by atoms with Gasteiger partial charge in [-0.3, -0.25) is 9.63 Å². The number of carbonyl (C=O) groups excluding carboxylic acids is 1. The zero-order chi connectivity index (χ0) is 20.0. The van der Waals surface area contributed by atoms with E-state index in [2.05, 4.69) is 5.32 Å². The van der Waals surface area contributed by atoms with Gasteiger partial charge in [-0.15, -0.1) is 0 Å². The first kappa shape index (κ1) is 21.7. The molecule has 0 fully saturated rings. The number of benzene rings is 2. The Kier molecular flexibility index (Phi) is 7.64. The number of hydroxylamine groups is 1. The quantitative estimate of drug-likeness (QED) is 0.513. The van der Waals surface area contributed by atoms with Crippen LogP contribution in [0.4, 0.5) is 0 Å². The highest BCUT2D eigenvalue weighted by Crippen LogP contribution is 2.23. The summed E-state index contributed by atoms with van der Waals surface area (Å²) in [6, 6.07) is 11.2. The zero-order valence-corrected chi connectivity index (χ0v) is 17.2. The van der Waals surface area contributed by atoms with Crippen molar-refractivity contribution in [2.24, 2.45) is 0 Å². The molecule has 1 amide bonds. The molecule has 0 aliphatic heterocycles. The molecule has 9 heteroatoms. The first-order valence-electron chi connectivity index (χ1n) is 8.11. The molecule has 2 aromatic carbocycles. The lowest BCUT2D eigenvalue weighted by Crippen LogP contribution is -2.27. The van der Waals surface area contributed by atoms with Crippen molar-refractivity contribution in [3.05, 3.63) is 63.6 Å². The number of amides is 1. The molecule has 0 saturated carbocycles. The van der Waals surface area contributed by atoms with Gasteiger partial charge < -0.3 is 5.32 Å². The molecule has 0 bridgehead atoms. The fourth-order valence-electron chi connectivity index (χ4n) is 2.34. The molecule has 0 aliphatic carbocycles. The number of rotatable bonds is 8. The number of hydrogen-bond acceptors (Lipinski definition) is 4. The highest BCUT2D eigenvalue weighted by Gasteiger charge is 2.21. The average molecular weight is 431 g/mol. The smallest absolute Gasteiger partial charge is 0.264 e. The van der Waals surface area contributed by atoms with Gasteiger partial charge >= 0.3 is 0 Å². The summed E-state index contributed by atoms with van der Waals surface area (Å²) < 4.78 is 25.2. The van der Waals surface area contributed by atoms with Crippen LogP contribution in [0.5, 0.6) is 0 Å². The SMILES string of the molecule is CON(C)S(=O)(=O)c1cccc(C(=O)NCCCc2ccc(Cl)c(Cl)c2)c1. The van der Waals surface area contributed by atoms with Crippen LogP contribution >= 0.6 is 23.2 Å². The monoisotopic (exact) mass is 430 g/mol. The lowest BCUT2D eigenvalue weighted by molar-refractivity contribution is -0.0258. The maximum atomic E-state index is 12.3. The van der Waals surface area contributed by atoms with Gasteiger partial charge in [0.25, 0.3) is 15.9 Å². The molecular weight excluding hydrogens is 411 g/mol. The van der Waals surface area contributed by atoms with Crippen LogP contribution in [-0.2, 0) is 21.3 Å². The van der Waals surface area contributed by atoms with Crippen LogP contribution in [0, 0.1) is 0 Å². The number of hydrogen-bond donors (Lipinski definition) is 1. The second-order valence-corrected chi connectivity index (χ2v) is 8.48. The van der Waals surface area contributed by atoms with Gasteiger partial charge in [-0.25, -0.2) is 8.42 Å². The van der Waals surface area contributed by atoms with E-state index in [0.29, 0.717) is 23.0 Å². The summed E-state index contributed by atoms with van der Waals surface area (Å²) in [5.74, 6) is -0.346. The molecule has 27 heavy (non-hydrogen) atoms. The van der Waals surface area contributed by atoms with Crippen LogP contribution < -0.4 is 5.32 Å². The summed E-state index contributed by atoms with van der Waals surface area (Å²) in [4.78, 5) is 17.0. The Balaban J connectivity index is 1.94. The molecule has 0 heterocycles. The third-order valence-corrected chi connectivity index (χ3v) is 6.32. The Bertz CT molecular complexity index is 919. The minimum atomic E-state index is -3.81. The van der Waals surface area contributed by atoms with Crippen molar-refractivity contribution in [1.82, 2.24) is 9.79 Å². The molecule has 0 spiro atoms. The summed E-state index contributed by atoms with van der Waals surface area (Å²) in [6.45, 7) is 0.439. The first-order valence-corrected chi connectivity index (χ1v) is 10.3. The van der Waals surface area contributed by atoms with E-state index in [-0.39, 0.29) is 16.4 Å². The summed E-state index contributed by atoms with van der Waals surface area (Å²) in [6.07, 6.45) is 1.43. The van der Waals surface area contributed by atoms with Crippen LogP contribution in [-0.4, -0.2) is 39.5 Å². The van der Waals surface area contributed by atoms with Crippen LogP contribution in [0.25, 0.3) is 0 Å². The van der Waals surface area contributed by atoms with E-state index >= 15 is 0 Å². The largest absolute Gasteiger partial charge is 0.352 e. The van der Waals surface area contributed by atoms with Crippen molar-refractivity contribution in [1.29, 1.82) is 0 Å². The Labute approximate surface area is 169 Å². The standard InChI is InChI=1S/C18H20Cl2N2O4S/c1-22(26-2)27(24,25)15-7-3-6-14(12-15)18(23)21-10-4-5-13-8-9-16(19)17(20)11-13/h3,6-9,11-12H,4-5,10H2,1-2H3,(H,21,23). The molecule has 146 valence electrons. The van der Waals surface area contributed by atoms with Crippen molar-refractivity contribution in [3.63, 3.8) is 0 Å². The lowest BCUT2D eigenvalue weighted by atomic mass is 10.1. The van der Waals surface area contributed by atoms with Crippen molar-refractivity contribution in [2.45, 2.75) is 17.7 Å². The highest BCUT2D eigenvalue weighted by molar-refractivity contribution is 7.89. The van der Waals surface area contributed by atoms with Gasteiger partial charge in [0.1, 0.15) is 0 Å². The van der Waals surface area contributed by atoms with E-state index in [0.717, 1.165) is 16.5 Å². The third-order valence-electron chi connectivity index (χ3n) is 3.90. The number of halogens is 2. The fourth-order valence-corrected chi connectivity index (χ4v) is 3.68. The van der Waals surface area contributed by atoms with E-state index in [1.807, 2.05) is 6.07 Å². The summed E-state index contributed by atoms with van der Waals surface area (Å²) in [5, 5.41) is 3.78. The van der Waals surface area contributed by atoms with E-state index in [1.165, 1.54) is 32.4 Å². The second-order valence-electron chi connectivity index (χ2n) is 5.73. The van der Waals surface area contributed by atoms with Crippen LogP contribution in [0.2, 0.25) is 10.0 Å². The van der Waals surface area contributed by atoms with Crippen molar-refractivity contribution >= 4 is 39.1 Å². The van der Waals surface area contributed by atoms with Crippen LogP contribution in [0.1, 0.15) is 22.3 Å². The zero-order valence-electron chi connectivity index (χ0n) is 14.9.